The summed E-state index contributed by atoms with van der Waals surface area (Å²) in [6.45, 7) is 7.88. The third-order valence-corrected chi connectivity index (χ3v) is 6.82. The average Bonchev–Trinajstić information content (AvgIpc) is 2.78. The minimum atomic E-state index is -0.414. The summed E-state index contributed by atoms with van der Waals surface area (Å²) in [5.41, 5.74) is 5.81. The summed E-state index contributed by atoms with van der Waals surface area (Å²) in [7, 11) is 0. The molecule has 166 valence electrons. The molecule has 2 aliphatic rings. The van der Waals surface area contributed by atoms with Crippen LogP contribution in [-0.4, -0.2) is 38.9 Å². The lowest BCUT2D eigenvalue weighted by atomic mass is 9.73. The van der Waals surface area contributed by atoms with Gasteiger partial charge in [0.25, 0.3) is 0 Å². The fourth-order valence-electron chi connectivity index (χ4n) is 5.09. The van der Waals surface area contributed by atoms with Gasteiger partial charge >= 0.3 is 0 Å². The highest BCUT2D eigenvalue weighted by molar-refractivity contribution is 5.83. The van der Waals surface area contributed by atoms with Crippen LogP contribution in [0.25, 0.3) is 11.1 Å². The highest BCUT2D eigenvalue weighted by Gasteiger charge is 2.40. The molecule has 0 unspecified atom stereocenters. The van der Waals surface area contributed by atoms with Gasteiger partial charge in [-0.3, -0.25) is 4.79 Å². The predicted octanol–water partition coefficient (Wildman–Crippen LogP) is 4.85. The molecule has 0 spiro atoms. The van der Waals surface area contributed by atoms with Crippen LogP contribution in [0, 0.1) is 25.2 Å². The predicted molar refractivity (Wildman–Crippen MR) is 124 cm³/mol. The standard InChI is InChI=1S/C27H35NO3/c1-20-14-21(2)16-24(15-20)25-8-4-3-7-23(25)17-27(9-12-30-13-10-27)26(29)28-18-22-6-5-11-31-19-22/h3-4,7-8,14-16,22H,5-6,9-13,17-19H2,1-2H3,(H,28,29)/t22-/m1/s1. The molecule has 1 N–H and O–H groups in total. The van der Waals surface area contributed by atoms with Crippen LogP contribution in [0.1, 0.15) is 42.4 Å². The lowest BCUT2D eigenvalue weighted by Crippen LogP contribution is -2.47. The number of amides is 1. The van der Waals surface area contributed by atoms with Crippen LogP contribution in [-0.2, 0) is 20.7 Å². The molecule has 1 amide bonds. The fourth-order valence-corrected chi connectivity index (χ4v) is 5.09. The molecule has 2 heterocycles. The molecule has 0 saturated carbocycles. The molecule has 1 atom stereocenters. The zero-order valence-electron chi connectivity index (χ0n) is 18.9. The van der Waals surface area contributed by atoms with E-state index in [1.165, 1.54) is 27.8 Å². The summed E-state index contributed by atoms with van der Waals surface area (Å²) in [6.07, 6.45) is 4.49. The molecule has 4 nitrogen and oxygen atoms in total. The first-order valence-corrected chi connectivity index (χ1v) is 11.7. The van der Waals surface area contributed by atoms with Crippen molar-refractivity contribution in [3.8, 4) is 11.1 Å². The van der Waals surface area contributed by atoms with Crippen molar-refractivity contribution >= 4 is 5.91 Å². The van der Waals surface area contributed by atoms with Gasteiger partial charge in [0.2, 0.25) is 5.91 Å². The van der Waals surface area contributed by atoms with E-state index in [-0.39, 0.29) is 5.91 Å². The molecule has 0 aliphatic carbocycles. The van der Waals surface area contributed by atoms with Gasteiger partial charge in [-0.25, -0.2) is 0 Å². The molecule has 0 aromatic heterocycles. The lowest BCUT2D eigenvalue weighted by molar-refractivity contribution is -0.137. The van der Waals surface area contributed by atoms with E-state index in [9.17, 15) is 4.79 Å². The van der Waals surface area contributed by atoms with E-state index >= 15 is 0 Å². The Bertz CT molecular complexity index is 875. The largest absolute Gasteiger partial charge is 0.381 e. The second-order valence-corrected chi connectivity index (χ2v) is 9.40. The third-order valence-electron chi connectivity index (χ3n) is 6.82. The molecular weight excluding hydrogens is 386 g/mol. The zero-order chi connectivity index (χ0) is 21.7. The van der Waals surface area contributed by atoms with Crippen molar-refractivity contribution in [1.29, 1.82) is 0 Å². The summed E-state index contributed by atoms with van der Waals surface area (Å²) in [6, 6.07) is 15.2. The van der Waals surface area contributed by atoms with Gasteiger partial charge < -0.3 is 14.8 Å². The van der Waals surface area contributed by atoms with E-state index < -0.39 is 5.41 Å². The van der Waals surface area contributed by atoms with Gasteiger partial charge in [0.15, 0.2) is 0 Å². The van der Waals surface area contributed by atoms with Crippen LogP contribution < -0.4 is 5.32 Å². The van der Waals surface area contributed by atoms with Crippen molar-refractivity contribution < 1.29 is 14.3 Å². The third kappa shape index (κ3) is 5.36. The number of nitrogens with one attached hydrogen (secondary N) is 1. The first-order chi connectivity index (χ1) is 15.1. The van der Waals surface area contributed by atoms with Gasteiger partial charge in [-0.1, -0.05) is 53.6 Å². The average molecular weight is 422 g/mol. The van der Waals surface area contributed by atoms with E-state index in [1.54, 1.807) is 0 Å². The Kier molecular flexibility index (Phi) is 7.09. The van der Waals surface area contributed by atoms with Gasteiger partial charge in [-0.2, -0.15) is 0 Å². The smallest absolute Gasteiger partial charge is 0.226 e. The van der Waals surface area contributed by atoms with Gasteiger partial charge in [-0.05, 0) is 68.6 Å². The second-order valence-electron chi connectivity index (χ2n) is 9.40. The van der Waals surface area contributed by atoms with Crippen LogP contribution in [0.15, 0.2) is 42.5 Å². The molecule has 31 heavy (non-hydrogen) atoms. The van der Waals surface area contributed by atoms with Crippen LogP contribution in [0.5, 0.6) is 0 Å². The first kappa shape index (κ1) is 22.0. The number of ether oxygens (including phenoxy) is 2. The van der Waals surface area contributed by atoms with Crippen molar-refractivity contribution in [2.75, 3.05) is 33.0 Å². The summed E-state index contributed by atoms with van der Waals surface area (Å²) in [5, 5.41) is 3.29. The fraction of sp³-hybridized carbons (Fsp3) is 0.519. The molecular formula is C27H35NO3. The molecule has 4 heteroatoms. The number of hydrogen-bond donors (Lipinski definition) is 1. The number of carbonyl (C=O) groups is 1. The zero-order valence-corrected chi connectivity index (χ0v) is 18.9. The number of benzene rings is 2. The van der Waals surface area contributed by atoms with Crippen molar-refractivity contribution in [3.63, 3.8) is 0 Å². The lowest BCUT2D eigenvalue weighted by Gasteiger charge is -2.37. The Balaban J connectivity index is 1.57. The maximum absolute atomic E-state index is 13.5. The van der Waals surface area contributed by atoms with Crippen LogP contribution in [0.3, 0.4) is 0 Å². The molecule has 2 aliphatic heterocycles. The Morgan fingerprint density at radius 1 is 1.03 bits per heavy atom. The molecule has 0 radical (unpaired) electrons. The Morgan fingerprint density at radius 2 is 1.77 bits per heavy atom. The second kappa shape index (κ2) is 9.97. The van der Waals surface area contributed by atoms with Gasteiger partial charge in [0.05, 0.1) is 12.0 Å². The van der Waals surface area contributed by atoms with E-state index in [0.29, 0.717) is 25.7 Å². The SMILES string of the molecule is Cc1cc(C)cc(-c2ccccc2CC2(C(=O)NC[C@H]3CCCOC3)CCOCC2)c1. The number of carbonyl (C=O) groups excluding carboxylic acids is 1. The van der Waals surface area contributed by atoms with Crippen molar-refractivity contribution in [1.82, 2.24) is 5.32 Å². The van der Waals surface area contributed by atoms with Crippen LogP contribution in [0.2, 0.25) is 0 Å². The normalized spacial score (nSPS) is 20.9. The number of rotatable bonds is 6. The quantitative estimate of drug-likeness (QED) is 0.725. The number of hydrogen-bond acceptors (Lipinski definition) is 3. The maximum atomic E-state index is 13.5. The summed E-state index contributed by atoms with van der Waals surface area (Å²) in [4.78, 5) is 13.5. The highest BCUT2D eigenvalue weighted by Crippen LogP contribution is 2.38. The van der Waals surface area contributed by atoms with Gasteiger partial charge in [0.1, 0.15) is 0 Å². The summed E-state index contributed by atoms with van der Waals surface area (Å²) >= 11 is 0. The van der Waals surface area contributed by atoms with Crippen LogP contribution >= 0.6 is 0 Å². The molecule has 2 fully saturated rings. The van der Waals surface area contributed by atoms with Crippen molar-refractivity contribution in [2.24, 2.45) is 11.3 Å². The topological polar surface area (TPSA) is 47.6 Å². The minimum absolute atomic E-state index is 0.177. The van der Waals surface area contributed by atoms with Crippen LogP contribution in [0.4, 0.5) is 0 Å². The maximum Gasteiger partial charge on any atom is 0.226 e. The van der Waals surface area contributed by atoms with E-state index in [0.717, 1.165) is 45.3 Å². The monoisotopic (exact) mass is 421 g/mol. The highest BCUT2D eigenvalue weighted by atomic mass is 16.5. The van der Waals surface area contributed by atoms with E-state index in [2.05, 4.69) is 61.6 Å². The Morgan fingerprint density at radius 3 is 2.48 bits per heavy atom. The van der Waals surface area contributed by atoms with Gasteiger partial charge in [-0.15, -0.1) is 0 Å². The Hall–Kier alpha value is -2.17. The van der Waals surface area contributed by atoms with E-state index in [4.69, 9.17) is 9.47 Å². The molecule has 2 aromatic carbocycles. The van der Waals surface area contributed by atoms with Crippen molar-refractivity contribution in [3.05, 3.63) is 59.2 Å². The van der Waals surface area contributed by atoms with Crippen molar-refractivity contribution in [2.45, 2.75) is 46.0 Å². The molecule has 0 bridgehead atoms. The molecule has 2 aromatic rings. The summed E-state index contributed by atoms with van der Waals surface area (Å²) in [5.74, 6) is 0.605. The molecule has 4 rings (SSSR count). The Labute approximate surface area is 186 Å². The number of aryl methyl sites for hydroxylation is 2. The molecule has 2 saturated heterocycles. The van der Waals surface area contributed by atoms with E-state index in [1.807, 2.05) is 0 Å². The van der Waals surface area contributed by atoms with Gasteiger partial charge in [0, 0.05) is 26.4 Å². The minimum Gasteiger partial charge on any atom is -0.381 e. The first-order valence-electron chi connectivity index (χ1n) is 11.7. The summed E-state index contributed by atoms with van der Waals surface area (Å²) < 4.78 is 11.2.